The Bertz CT molecular complexity index is 847. The minimum Gasteiger partial charge on any atom is -0.476 e. The first-order valence-corrected chi connectivity index (χ1v) is 6.77. The SMILES string of the molecule is O=C(O)c1nn(Cc2ccccc2)c2ccc(OC(F)F)cc12. The third-order valence-corrected chi connectivity index (χ3v) is 3.32. The molecule has 1 aromatic heterocycles. The zero-order valence-corrected chi connectivity index (χ0v) is 11.8. The van der Waals surface area contributed by atoms with E-state index in [1.54, 1.807) is 0 Å². The van der Waals surface area contributed by atoms with Crippen molar-refractivity contribution in [3.8, 4) is 5.75 Å². The third kappa shape index (κ3) is 3.13. The Kier molecular flexibility index (Phi) is 3.92. The molecular formula is C16H12F2N2O3. The average molecular weight is 318 g/mol. The molecule has 3 aromatic rings. The molecule has 0 bridgehead atoms. The van der Waals surface area contributed by atoms with Crippen molar-refractivity contribution in [3.05, 3.63) is 59.8 Å². The van der Waals surface area contributed by atoms with Gasteiger partial charge in [-0.3, -0.25) is 4.68 Å². The second-order valence-electron chi connectivity index (χ2n) is 4.85. The molecule has 1 heterocycles. The van der Waals surface area contributed by atoms with Crippen molar-refractivity contribution in [2.75, 3.05) is 0 Å². The number of ether oxygens (including phenoxy) is 1. The molecule has 0 fully saturated rings. The van der Waals surface area contributed by atoms with E-state index < -0.39 is 12.6 Å². The van der Waals surface area contributed by atoms with Gasteiger partial charge in [0.25, 0.3) is 0 Å². The van der Waals surface area contributed by atoms with Gasteiger partial charge in [-0.2, -0.15) is 13.9 Å². The van der Waals surface area contributed by atoms with Crippen molar-refractivity contribution in [2.24, 2.45) is 0 Å². The predicted molar refractivity (Wildman–Crippen MR) is 78.9 cm³/mol. The molecule has 0 aliphatic carbocycles. The molecule has 118 valence electrons. The van der Waals surface area contributed by atoms with Crippen molar-refractivity contribution >= 4 is 16.9 Å². The number of alkyl halides is 2. The van der Waals surface area contributed by atoms with E-state index in [1.165, 1.54) is 22.9 Å². The predicted octanol–water partition coefficient (Wildman–Crippen LogP) is 3.38. The molecule has 0 saturated carbocycles. The Hall–Kier alpha value is -2.96. The van der Waals surface area contributed by atoms with Crippen molar-refractivity contribution in [2.45, 2.75) is 13.2 Å². The maximum absolute atomic E-state index is 12.3. The smallest absolute Gasteiger partial charge is 0.387 e. The normalized spacial score (nSPS) is 11.1. The molecule has 2 aromatic carbocycles. The largest absolute Gasteiger partial charge is 0.476 e. The lowest BCUT2D eigenvalue weighted by molar-refractivity contribution is -0.0497. The summed E-state index contributed by atoms with van der Waals surface area (Å²) in [5, 5.41) is 13.6. The Morgan fingerprint density at radius 1 is 1.22 bits per heavy atom. The van der Waals surface area contributed by atoms with Gasteiger partial charge in [0.05, 0.1) is 12.1 Å². The van der Waals surface area contributed by atoms with Gasteiger partial charge >= 0.3 is 12.6 Å². The van der Waals surface area contributed by atoms with E-state index in [0.29, 0.717) is 12.1 Å². The van der Waals surface area contributed by atoms with Gasteiger partial charge < -0.3 is 9.84 Å². The van der Waals surface area contributed by atoms with Gasteiger partial charge in [-0.1, -0.05) is 30.3 Å². The molecule has 23 heavy (non-hydrogen) atoms. The minimum atomic E-state index is -2.97. The van der Waals surface area contributed by atoms with Crippen LogP contribution in [0.5, 0.6) is 5.75 Å². The first-order valence-electron chi connectivity index (χ1n) is 6.77. The van der Waals surface area contributed by atoms with Crippen LogP contribution in [0.25, 0.3) is 10.9 Å². The second kappa shape index (κ2) is 6.04. The van der Waals surface area contributed by atoms with E-state index in [0.717, 1.165) is 5.56 Å². The third-order valence-electron chi connectivity index (χ3n) is 3.32. The van der Waals surface area contributed by atoms with E-state index >= 15 is 0 Å². The first kappa shape index (κ1) is 15.0. The Morgan fingerprint density at radius 2 is 1.96 bits per heavy atom. The van der Waals surface area contributed by atoms with Gasteiger partial charge in [0, 0.05) is 5.39 Å². The minimum absolute atomic E-state index is 0.103. The van der Waals surface area contributed by atoms with Crippen LogP contribution in [0.3, 0.4) is 0 Å². The van der Waals surface area contributed by atoms with Gasteiger partial charge in [-0.05, 0) is 23.8 Å². The van der Waals surface area contributed by atoms with Crippen LogP contribution in [0.2, 0.25) is 0 Å². The second-order valence-corrected chi connectivity index (χ2v) is 4.85. The fraction of sp³-hybridized carbons (Fsp3) is 0.125. The van der Waals surface area contributed by atoms with Crippen molar-refractivity contribution in [3.63, 3.8) is 0 Å². The standard InChI is InChI=1S/C16H12F2N2O3/c17-16(18)23-11-6-7-13-12(8-11)14(15(21)22)19-20(13)9-10-4-2-1-3-5-10/h1-8,16H,9H2,(H,21,22). The Morgan fingerprint density at radius 3 is 2.61 bits per heavy atom. The fourth-order valence-electron chi connectivity index (χ4n) is 2.37. The number of carboxylic acid groups (broad SMARTS) is 1. The molecule has 1 N–H and O–H groups in total. The lowest BCUT2D eigenvalue weighted by atomic mass is 10.2. The summed E-state index contributed by atoms with van der Waals surface area (Å²) in [5.41, 5.74) is 1.28. The average Bonchev–Trinajstić information content (AvgIpc) is 2.86. The molecule has 0 amide bonds. The fourth-order valence-corrected chi connectivity index (χ4v) is 2.37. The topological polar surface area (TPSA) is 64.3 Å². The van der Waals surface area contributed by atoms with Gasteiger partial charge in [-0.25, -0.2) is 4.79 Å². The zero-order valence-electron chi connectivity index (χ0n) is 11.8. The summed E-state index contributed by atoms with van der Waals surface area (Å²) in [6, 6.07) is 13.5. The first-order chi connectivity index (χ1) is 11.0. The van der Waals surface area contributed by atoms with Crippen LogP contribution in [0, 0.1) is 0 Å². The summed E-state index contributed by atoms with van der Waals surface area (Å²) < 4.78 is 30.5. The molecule has 0 saturated heterocycles. The van der Waals surface area contributed by atoms with Crippen molar-refractivity contribution in [1.82, 2.24) is 9.78 Å². The van der Waals surface area contributed by atoms with E-state index in [1.807, 2.05) is 30.3 Å². The van der Waals surface area contributed by atoms with Crippen LogP contribution >= 0.6 is 0 Å². The summed E-state index contributed by atoms with van der Waals surface area (Å²) in [5.74, 6) is -1.33. The summed E-state index contributed by atoms with van der Waals surface area (Å²) >= 11 is 0. The quantitative estimate of drug-likeness (QED) is 0.783. The highest BCUT2D eigenvalue weighted by molar-refractivity contribution is 6.01. The Balaban J connectivity index is 2.07. The van der Waals surface area contributed by atoms with E-state index in [2.05, 4.69) is 9.84 Å². The number of carbonyl (C=O) groups is 1. The molecular weight excluding hydrogens is 306 g/mol. The molecule has 0 spiro atoms. The van der Waals surface area contributed by atoms with Crippen LogP contribution in [-0.2, 0) is 6.54 Å². The number of halogens is 2. The number of carboxylic acids is 1. The maximum Gasteiger partial charge on any atom is 0.387 e. The molecule has 7 heteroatoms. The number of benzene rings is 2. The molecule has 5 nitrogen and oxygen atoms in total. The summed E-state index contributed by atoms with van der Waals surface area (Å²) in [6.45, 7) is -2.60. The maximum atomic E-state index is 12.3. The summed E-state index contributed by atoms with van der Waals surface area (Å²) in [6.07, 6.45) is 0. The molecule has 0 aliphatic heterocycles. The van der Waals surface area contributed by atoms with Crippen LogP contribution < -0.4 is 4.74 Å². The van der Waals surface area contributed by atoms with Crippen molar-refractivity contribution in [1.29, 1.82) is 0 Å². The molecule has 0 atom stereocenters. The number of aromatic carboxylic acids is 1. The van der Waals surface area contributed by atoms with Gasteiger partial charge in [0.15, 0.2) is 5.69 Å². The highest BCUT2D eigenvalue weighted by Gasteiger charge is 2.18. The number of hydrogen-bond acceptors (Lipinski definition) is 3. The van der Waals surface area contributed by atoms with Crippen LogP contribution in [-0.4, -0.2) is 27.5 Å². The number of nitrogens with zero attached hydrogens (tertiary/aromatic N) is 2. The van der Waals surface area contributed by atoms with Gasteiger partial charge in [-0.15, -0.1) is 0 Å². The highest BCUT2D eigenvalue weighted by atomic mass is 19.3. The van der Waals surface area contributed by atoms with E-state index in [4.69, 9.17) is 0 Å². The lowest BCUT2D eigenvalue weighted by Gasteiger charge is -2.06. The summed E-state index contributed by atoms with van der Waals surface area (Å²) in [7, 11) is 0. The van der Waals surface area contributed by atoms with E-state index in [9.17, 15) is 18.7 Å². The van der Waals surface area contributed by atoms with Crippen molar-refractivity contribution < 1.29 is 23.4 Å². The molecule has 0 unspecified atom stereocenters. The lowest BCUT2D eigenvalue weighted by Crippen LogP contribution is -2.04. The van der Waals surface area contributed by atoms with Crippen LogP contribution in [0.1, 0.15) is 16.1 Å². The van der Waals surface area contributed by atoms with Gasteiger partial charge in [0.1, 0.15) is 5.75 Å². The molecule has 0 radical (unpaired) electrons. The van der Waals surface area contributed by atoms with Gasteiger partial charge in [0.2, 0.25) is 0 Å². The summed E-state index contributed by atoms with van der Waals surface area (Å²) in [4.78, 5) is 11.3. The zero-order chi connectivity index (χ0) is 16.4. The highest BCUT2D eigenvalue weighted by Crippen LogP contribution is 2.26. The van der Waals surface area contributed by atoms with Crippen LogP contribution in [0.4, 0.5) is 8.78 Å². The van der Waals surface area contributed by atoms with Crippen LogP contribution in [0.15, 0.2) is 48.5 Å². The molecule has 0 aliphatic rings. The molecule has 3 rings (SSSR count). The number of fused-ring (bicyclic) bond motifs is 1. The number of aromatic nitrogens is 2. The van der Waals surface area contributed by atoms with E-state index in [-0.39, 0.29) is 16.8 Å². The Labute approximate surface area is 129 Å². The number of hydrogen-bond donors (Lipinski definition) is 1. The number of rotatable bonds is 5. The monoisotopic (exact) mass is 318 g/mol.